The fourth-order valence-corrected chi connectivity index (χ4v) is 2.28. The van der Waals surface area contributed by atoms with Gasteiger partial charge in [-0.15, -0.1) is 0 Å². The van der Waals surface area contributed by atoms with Crippen molar-refractivity contribution in [3.8, 4) is 0 Å². The van der Waals surface area contributed by atoms with Crippen molar-refractivity contribution in [1.29, 1.82) is 0 Å². The zero-order chi connectivity index (χ0) is 13.0. The summed E-state index contributed by atoms with van der Waals surface area (Å²) in [4.78, 5) is 12.6. The molecule has 0 aromatic heterocycles. The molecule has 1 aliphatic rings. The topological polar surface area (TPSA) is 29.5 Å². The molecule has 98 valence electrons. The maximum atomic E-state index is 12.0. The van der Waals surface area contributed by atoms with Gasteiger partial charge >= 0.3 is 6.61 Å². The van der Waals surface area contributed by atoms with E-state index in [0.717, 1.165) is 31.4 Å². The molecule has 2 rings (SSSR count). The average molecular weight is 255 g/mol. The Hall–Kier alpha value is -1.49. The SMILES string of the molecule is O=Cc1ccc(N2CCC[C@H]2COC(F)F)cc1. The van der Waals surface area contributed by atoms with Gasteiger partial charge in [0.15, 0.2) is 0 Å². The van der Waals surface area contributed by atoms with Gasteiger partial charge in [-0.1, -0.05) is 0 Å². The molecule has 0 unspecified atom stereocenters. The van der Waals surface area contributed by atoms with E-state index in [0.29, 0.717) is 5.56 Å². The molecule has 1 heterocycles. The first-order valence-electron chi connectivity index (χ1n) is 5.92. The smallest absolute Gasteiger partial charge is 0.345 e. The molecule has 1 aromatic carbocycles. The molecule has 0 radical (unpaired) electrons. The van der Waals surface area contributed by atoms with Crippen molar-refractivity contribution in [2.75, 3.05) is 18.1 Å². The first-order valence-corrected chi connectivity index (χ1v) is 5.92. The Morgan fingerprint density at radius 1 is 1.39 bits per heavy atom. The molecule has 18 heavy (non-hydrogen) atoms. The molecular formula is C13H15F2NO2. The fraction of sp³-hybridized carbons (Fsp3) is 0.462. The van der Waals surface area contributed by atoms with Crippen molar-refractivity contribution in [3.05, 3.63) is 29.8 Å². The Morgan fingerprint density at radius 2 is 2.11 bits per heavy atom. The number of aldehydes is 1. The van der Waals surface area contributed by atoms with Crippen LogP contribution in [0, 0.1) is 0 Å². The van der Waals surface area contributed by atoms with E-state index in [1.165, 1.54) is 0 Å². The van der Waals surface area contributed by atoms with Crippen molar-refractivity contribution in [2.24, 2.45) is 0 Å². The second-order valence-corrected chi connectivity index (χ2v) is 4.29. The Bertz CT molecular complexity index is 394. The van der Waals surface area contributed by atoms with Crippen LogP contribution in [-0.2, 0) is 4.74 Å². The average Bonchev–Trinajstić information content (AvgIpc) is 2.85. The predicted molar refractivity (Wildman–Crippen MR) is 64.2 cm³/mol. The van der Waals surface area contributed by atoms with E-state index < -0.39 is 6.61 Å². The largest absolute Gasteiger partial charge is 0.366 e. The lowest BCUT2D eigenvalue weighted by Crippen LogP contribution is -2.33. The van der Waals surface area contributed by atoms with E-state index in [9.17, 15) is 13.6 Å². The molecule has 0 N–H and O–H groups in total. The number of nitrogens with zero attached hydrogens (tertiary/aromatic N) is 1. The minimum absolute atomic E-state index is 0.0129. The van der Waals surface area contributed by atoms with Crippen LogP contribution in [-0.4, -0.2) is 32.1 Å². The number of halogens is 2. The third-order valence-electron chi connectivity index (χ3n) is 3.15. The summed E-state index contributed by atoms with van der Waals surface area (Å²) in [6, 6.07) is 7.12. The van der Waals surface area contributed by atoms with Gasteiger partial charge < -0.3 is 9.64 Å². The summed E-state index contributed by atoms with van der Waals surface area (Å²) in [5, 5.41) is 0. The van der Waals surface area contributed by atoms with E-state index in [1.807, 2.05) is 12.1 Å². The minimum atomic E-state index is -2.72. The zero-order valence-electron chi connectivity index (χ0n) is 9.89. The predicted octanol–water partition coefficient (Wildman–Crippen LogP) is 2.71. The van der Waals surface area contributed by atoms with Gasteiger partial charge in [0.25, 0.3) is 0 Å². The van der Waals surface area contributed by atoms with Gasteiger partial charge in [-0.3, -0.25) is 4.79 Å². The van der Waals surface area contributed by atoms with E-state index >= 15 is 0 Å². The van der Waals surface area contributed by atoms with E-state index in [2.05, 4.69) is 9.64 Å². The number of hydrogen-bond acceptors (Lipinski definition) is 3. The third kappa shape index (κ3) is 3.04. The van der Waals surface area contributed by atoms with Crippen LogP contribution in [0.3, 0.4) is 0 Å². The molecule has 1 saturated heterocycles. The highest BCUT2D eigenvalue weighted by molar-refractivity contribution is 5.75. The van der Waals surface area contributed by atoms with Crippen LogP contribution in [0.5, 0.6) is 0 Å². The van der Waals surface area contributed by atoms with Crippen molar-refractivity contribution in [2.45, 2.75) is 25.5 Å². The highest BCUT2D eigenvalue weighted by Crippen LogP contribution is 2.26. The fourth-order valence-electron chi connectivity index (χ4n) is 2.28. The lowest BCUT2D eigenvalue weighted by Gasteiger charge is -2.26. The van der Waals surface area contributed by atoms with Crippen molar-refractivity contribution >= 4 is 12.0 Å². The summed E-state index contributed by atoms with van der Waals surface area (Å²) in [6.45, 7) is -1.85. The lowest BCUT2D eigenvalue weighted by molar-refractivity contribution is -0.131. The summed E-state index contributed by atoms with van der Waals surface area (Å²) < 4.78 is 28.5. The zero-order valence-corrected chi connectivity index (χ0v) is 9.89. The third-order valence-corrected chi connectivity index (χ3v) is 3.15. The van der Waals surface area contributed by atoms with Crippen LogP contribution >= 0.6 is 0 Å². The van der Waals surface area contributed by atoms with Gasteiger partial charge in [-0.2, -0.15) is 8.78 Å². The molecule has 0 aliphatic carbocycles. The summed E-state index contributed by atoms with van der Waals surface area (Å²) in [7, 11) is 0. The number of carbonyl (C=O) groups is 1. The molecule has 1 atom stereocenters. The summed E-state index contributed by atoms with van der Waals surface area (Å²) in [5.41, 5.74) is 1.55. The monoisotopic (exact) mass is 255 g/mol. The normalized spacial score (nSPS) is 19.5. The van der Waals surface area contributed by atoms with Gasteiger partial charge in [-0.25, -0.2) is 0 Å². The molecule has 1 aliphatic heterocycles. The van der Waals surface area contributed by atoms with Crippen LogP contribution in [0.15, 0.2) is 24.3 Å². The van der Waals surface area contributed by atoms with Crippen molar-refractivity contribution in [3.63, 3.8) is 0 Å². The molecular weight excluding hydrogens is 240 g/mol. The van der Waals surface area contributed by atoms with Crippen molar-refractivity contribution in [1.82, 2.24) is 0 Å². The number of benzene rings is 1. The number of anilines is 1. The molecule has 0 amide bonds. The summed E-state index contributed by atoms with van der Waals surface area (Å²) in [5.74, 6) is 0. The molecule has 0 bridgehead atoms. The first kappa shape index (κ1) is 13.0. The van der Waals surface area contributed by atoms with Crippen LogP contribution in [0.4, 0.5) is 14.5 Å². The number of carbonyl (C=O) groups excluding carboxylic acids is 1. The van der Waals surface area contributed by atoms with Crippen LogP contribution in [0.1, 0.15) is 23.2 Å². The highest BCUT2D eigenvalue weighted by atomic mass is 19.3. The second-order valence-electron chi connectivity index (χ2n) is 4.29. The summed E-state index contributed by atoms with van der Waals surface area (Å²) >= 11 is 0. The van der Waals surface area contributed by atoms with Gasteiger partial charge in [0, 0.05) is 17.8 Å². The van der Waals surface area contributed by atoms with Gasteiger partial charge in [0.1, 0.15) is 6.29 Å². The Kier molecular flexibility index (Phi) is 4.25. The Balaban J connectivity index is 2.03. The molecule has 0 saturated carbocycles. The Morgan fingerprint density at radius 3 is 2.72 bits per heavy atom. The van der Waals surface area contributed by atoms with Crippen molar-refractivity contribution < 1.29 is 18.3 Å². The number of ether oxygens (including phenoxy) is 1. The molecule has 1 aromatic rings. The van der Waals surface area contributed by atoms with Gasteiger partial charge in [-0.05, 0) is 37.1 Å². The Labute approximate surface area is 104 Å². The minimum Gasteiger partial charge on any atom is -0.366 e. The molecule has 0 spiro atoms. The van der Waals surface area contributed by atoms with E-state index in [-0.39, 0.29) is 12.6 Å². The maximum Gasteiger partial charge on any atom is 0.345 e. The number of rotatable bonds is 5. The van der Waals surface area contributed by atoms with Crippen LogP contribution in [0.2, 0.25) is 0 Å². The number of alkyl halides is 2. The van der Waals surface area contributed by atoms with E-state index in [4.69, 9.17) is 0 Å². The lowest BCUT2D eigenvalue weighted by atomic mass is 10.2. The highest BCUT2D eigenvalue weighted by Gasteiger charge is 2.25. The summed E-state index contributed by atoms with van der Waals surface area (Å²) in [6.07, 6.45) is 2.60. The van der Waals surface area contributed by atoms with Crippen LogP contribution < -0.4 is 4.90 Å². The second kappa shape index (κ2) is 5.91. The quantitative estimate of drug-likeness (QED) is 0.758. The molecule has 5 heteroatoms. The molecule has 3 nitrogen and oxygen atoms in total. The molecule has 1 fully saturated rings. The first-order chi connectivity index (χ1) is 8.70. The van der Waals surface area contributed by atoms with Crippen LogP contribution in [0.25, 0.3) is 0 Å². The number of hydrogen-bond donors (Lipinski definition) is 0. The van der Waals surface area contributed by atoms with E-state index in [1.54, 1.807) is 12.1 Å². The van der Waals surface area contributed by atoms with Gasteiger partial charge in [0.2, 0.25) is 0 Å². The standard InChI is InChI=1S/C13H15F2NO2/c14-13(15)18-9-12-2-1-7-16(12)11-5-3-10(8-17)4-6-11/h3-6,8,12-13H,1-2,7,9H2/t12-/m0/s1. The maximum absolute atomic E-state index is 12.0. The van der Waals surface area contributed by atoms with Gasteiger partial charge in [0.05, 0.1) is 12.6 Å².